The maximum absolute atomic E-state index is 12.4. The maximum atomic E-state index is 12.4. The van der Waals surface area contributed by atoms with Gasteiger partial charge in [-0.15, -0.1) is 0 Å². The molecule has 0 unspecified atom stereocenters. The Morgan fingerprint density at radius 2 is 2.00 bits per heavy atom. The summed E-state index contributed by atoms with van der Waals surface area (Å²) in [7, 11) is 0. The third kappa shape index (κ3) is 2.45. The number of aryl methyl sites for hydroxylation is 2. The number of amides is 1. The first-order valence-corrected chi connectivity index (χ1v) is 8.02. The van der Waals surface area contributed by atoms with Crippen molar-refractivity contribution in [3.05, 3.63) is 35.0 Å². The SMILES string of the molecule is CCn1c(C)c(C)c2cc(C(=O)NC3CCCC3)ccc21. The van der Waals surface area contributed by atoms with E-state index < -0.39 is 0 Å². The highest BCUT2D eigenvalue weighted by atomic mass is 16.1. The van der Waals surface area contributed by atoms with Crippen LogP contribution in [0.2, 0.25) is 0 Å². The van der Waals surface area contributed by atoms with Gasteiger partial charge in [-0.05, 0) is 57.4 Å². The zero-order chi connectivity index (χ0) is 15.0. The molecule has 1 saturated carbocycles. The topological polar surface area (TPSA) is 34.0 Å². The Bertz CT molecular complexity index is 678. The van der Waals surface area contributed by atoms with E-state index in [1.165, 1.54) is 35.0 Å². The second-order valence-corrected chi connectivity index (χ2v) is 6.14. The van der Waals surface area contributed by atoms with Gasteiger partial charge in [0.2, 0.25) is 0 Å². The van der Waals surface area contributed by atoms with Crippen LogP contribution in [0, 0.1) is 13.8 Å². The maximum Gasteiger partial charge on any atom is 0.251 e. The molecule has 0 spiro atoms. The second kappa shape index (κ2) is 5.55. The number of fused-ring (bicyclic) bond motifs is 1. The molecule has 0 atom stereocenters. The van der Waals surface area contributed by atoms with E-state index in [0.29, 0.717) is 6.04 Å². The highest BCUT2D eigenvalue weighted by Gasteiger charge is 2.19. The lowest BCUT2D eigenvalue weighted by Crippen LogP contribution is -2.32. The molecule has 0 bridgehead atoms. The van der Waals surface area contributed by atoms with Gasteiger partial charge in [0.05, 0.1) is 0 Å². The molecule has 21 heavy (non-hydrogen) atoms. The van der Waals surface area contributed by atoms with Crippen LogP contribution in [0.4, 0.5) is 0 Å². The molecule has 0 radical (unpaired) electrons. The number of aromatic nitrogens is 1. The Kier molecular flexibility index (Phi) is 3.75. The van der Waals surface area contributed by atoms with Crippen LogP contribution in [0.5, 0.6) is 0 Å². The Balaban J connectivity index is 1.93. The monoisotopic (exact) mass is 284 g/mol. The fourth-order valence-corrected chi connectivity index (χ4v) is 3.54. The number of carbonyl (C=O) groups excluding carboxylic acids is 1. The zero-order valence-electron chi connectivity index (χ0n) is 13.2. The predicted octanol–water partition coefficient (Wildman–Crippen LogP) is 3.95. The van der Waals surface area contributed by atoms with Crippen molar-refractivity contribution in [2.24, 2.45) is 0 Å². The standard InChI is InChI=1S/C18H24N2O/c1-4-20-13(3)12(2)16-11-14(9-10-17(16)20)18(21)19-15-7-5-6-8-15/h9-11,15H,4-8H2,1-3H3,(H,19,21). The minimum Gasteiger partial charge on any atom is -0.349 e. The highest BCUT2D eigenvalue weighted by Crippen LogP contribution is 2.26. The number of hydrogen-bond donors (Lipinski definition) is 1. The van der Waals surface area contributed by atoms with Crippen molar-refractivity contribution in [1.82, 2.24) is 9.88 Å². The zero-order valence-corrected chi connectivity index (χ0v) is 13.2. The molecule has 0 aliphatic heterocycles. The van der Waals surface area contributed by atoms with E-state index >= 15 is 0 Å². The van der Waals surface area contributed by atoms with Crippen LogP contribution in [0.25, 0.3) is 10.9 Å². The molecule has 2 aromatic rings. The fourth-order valence-electron chi connectivity index (χ4n) is 3.54. The summed E-state index contributed by atoms with van der Waals surface area (Å²) < 4.78 is 2.31. The highest BCUT2D eigenvalue weighted by molar-refractivity contribution is 5.99. The molecule has 1 aromatic heterocycles. The molecule has 3 rings (SSSR count). The summed E-state index contributed by atoms with van der Waals surface area (Å²) in [5.41, 5.74) is 4.58. The quantitative estimate of drug-likeness (QED) is 0.909. The number of nitrogens with zero attached hydrogens (tertiary/aromatic N) is 1. The van der Waals surface area contributed by atoms with Gasteiger partial charge in [-0.1, -0.05) is 12.8 Å². The van der Waals surface area contributed by atoms with Gasteiger partial charge < -0.3 is 9.88 Å². The molecule has 1 N–H and O–H groups in total. The van der Waals surface area contributed by atoms with Crippen LogP contribution < -0.4 is 5.32 Å². The third-order valence-electron chi connectivity index (χ3n) is 4.91. The summed E-state index contributed by atoms with van der Waals surface area (Å²) in [6.07, 6.45) is 4.72. The van der Waals surface area contributed by atoms with Gasteiger partial charge in [0, 0.05) is 34.7 Å². The molecule has 0 saturated heterocycles. The van der Waals surface area contributed by atoms with Crippen LogP contribution in [0.3, 0.4) is 0 Å². The molecular formula is C18H24N2O. The van der Waals surface area contributed by atoms with Gasteiger partial charge in [0.25, 0.3) is 5.91 Å². The van der Waals surface area contributed by atoms with Crippen LogP contribution in [-0.2, 0) is 6.54 Å². The van der Waals surface area contributed by atoms with Gasteiger partial charge in [0.1, 0.15) is 0 Å². The Morgan fingerprint density at radius 3 is 2.67 bits per heavy atom. The summed E-state index contributed by atoms with van der Waals surface area (Å²) >= 11 is 0. The van der Waals surface area contributed by atoms with E-state index in [4.69, 9.17) is 0 Å². The van der Waals surface area contributed by atoms with Gasteiger partial charge in [0.15, 0.2) is 0 Å². The lowest BCUT2D eigenvalue weighted by atomic mass is 10.1. The molecular weight excluding hydrogens is 260 g/mol. The van der Waals surface area contributed by atoms with Gasteiger partial charge in [-0.2, -0.15) is 0 Å². The smallest absolute Gasteiger partial charge is 0.251 e. The van der Waals surface area contributed by atoms with Gasteiger partial charge in [-0.25, -0.2) is 0 Å². The van der Waals surface area contributed by atoms with Crippen molar-refractivity contribution >= 4 is 16.8 Å². The first-order chi connectivity index (χ1) is 10.1. The minimum absolute atomic E-state index is 0.0742. The Labute approximate surface area is 126 Å². The molecule has 3 heteroatoms. The number of benzene rings is 1. The summed E-state index contributed by atoms with van der Waals surface area (Å²) in [5, 5.41) is 4.37. The van der Waals surface area contributed by atoms with E-state index in [-0.39, 0.29) is 5.91 Å². The molecule has 3 nitrogen and oxygen atoms in total. The van der Waals surface area contributed by atoms with E-state index in [1.807, 2.05) is 12.1 Å². The van der Waals surface area contributed by atoms with Crippen molar-refractivity contribution in [3.63, 3.8) is 0 Å². The fraction of sp³-hybridized carbons (Fsp3) is 0.500. The predicted molar refractivity (Wildman–Crippen MR) is 86.8 cm³/mol. The first kappa shape index (κ1) is 14.2. The van der Waals surface area contributed by atoms with Crippen molar-refractivity contribution in [2.45, 2.75) is 59.0 Å². The molecule has 1 aromatic carbocycles. The van der Waals surface area contributed by atoms with Crippen LogP contribution >= 0.6 is 0 Å². The first-order valence-electron chi connectivity index (χ1n) is 8.02. The summed E-state index contributed by atoms with van der Waals surface area (Å²) in [6, 6.07) is 6.46. The molecule has 1 amide bonds. The van der Waals surface area contributed by atoms with Gasteiger partial charge >= 0.3 is 0 Å². The second-order valence-electron chi connectivity index (χ2n) is 6.14. The molecule has 1 fully saturated rings. The molecule has 112 valence electrons. The number of carbonyl (C=O) groups is 1. The third-order valence-corrected chi connectivity index (χ3v) is 4.91. The van der Waals surface area contributed by atoms with E-state index in [0.717, 1.165) is 24.9 Å². The molecule has 1 aliphatic rings. The Morgan fingerprint density at radius 1 is 1.29 bits per heavy atom. The van der Waals surface area contributed by atoms with Gasteiger partial charge in [-0.3, -0.25) is 4.79 Å². The van der Waals surface area contributed by atoms with E-state index in [2.05, 4.69) is 36.7 Å². The van der Waals surface area contributed by atoms with Crippen LogP contribution in [0.1, 0.15) is 54.2 Å². The molecule has 1 aliphatic carbocycles. The summed E-state index contributed by atoms with van der Waals surface area (Å²) in [4.78, 5) is 12.4. The van der Waals surface area contributed by atoms with E-state index in [9.17, 15) is 4.79 Å². The lowest BCUT2D eigenvalue weighted by Gasteiger charge is -2.12. The largest absolute Gasteiger partial charge is 0.349 e. The normalized spacial score (nSPS) is 15.8. The van der Waals surface area contributed by atoms with Crippen molar-refractivity contribution in [3.8, 4) is 0 Å². The summed E-state index contributed by atoms with van der Waals surface area (Å²) in [5.74, 6) is 0.0742. The summed E-state index contributed by atoms with van der Waals surface area (Å²) in [6.45, 7) is 7.41. The van der Waals surface area contributed by atoms with Crippen molar-refractivity contribution in [2.75, 3.05) is 0 Å². The average Bonchev–Trinajstić information content (AvgIpc) is 3.07. The van der Waals surface area contributed by atoms with Crippen LogP contribution in [-0.4, -0.2) is 16.5 Å². The van der Waals surface area contributed by atoms with Crippen molar-refractivity contribution in [1.29, 1.82) is 0 Å². The molecule has 1 heterocycles. The number of nitrogens with one attached hydrogen (secondary N) is 1. The van der Waals surface area contributed by atoms with Crippen molar-refractivity contribution < 1.29 is 4.79 Å². The lowest BCUT2D eigenvalue weighted by molar-refractivity contribution is 0.0938. The number of rotatable bonds is 3. The van der Waals surface area contributed by atoms with Crippen LogP contribution in [0.15, 0.2) is 18.2 Å². The number of hydrogen-bond acceptors (Lipinski definition) is 1. The Hall–Kier alpha value is -1.77. The minimum atomic E-state index is 0.0742. The average molecular weight is 284 g/mol. The van der Waals surface area contributed by atoms with E-state index in [1.54, 1.807) is 0 Å².